The molecule has 3 aromatic rings. The van der Waals surface area contributed by atoms with Gasteiger partial charge in [0.15, 0.2) is 6.29 Å². The second kappa shape index (κ2) is 18.9. The number of para-hydroxylation sites is 1. The average molecular weight is 672 g/mol. The van der Waals surface area contributed by atoms with Crippen molar-refractivity contribution in [3.8, 4) is 11.1 Å². The topological polar surface area (TPSA) is 89.6 Å². The third-order valence-corrected chi connectivity index (χ3v) is 9.78. The fraction of sp³-hybridized carbons (Fsp3) is 0.500. The van der Waals surface area contributed by atoms with Crippen LogP contribution in [0.2, 0.25) is 0 Å². The van der Waals surface area contributed by atoms with Crippen molar-refractivity contribution in [3.05, 3.63) is 90.0 Å². The summed E-state index contributed by atoms with van der Waals surface area (Å²) < 4.78 is 22.2. The molecule has 0 bridgehead atoms. The van der Waals surface area contributed by atoms with Crippen LogP contribution in [-0.4, -0.2) is 94.4 Å². The molecule has 1 aliphatic carbocycles. The highest BCUT2D eigenvalue weighted by Crippen LogP contribution is 2.39. The molecule has 1 heterocycles. The monoisotopic (exact) mass is 671 g/mol. The molecule has 1 N–H and O–H groups in total. The van der Waals surface area contributed by atoms with Crippen molar-refractivity contribution in [2.24, 2.45) is 11.8 Å². The number of fused-ring (bicyclic) bond motifs is 1. The second-order valence-corrected chi connectivity index (χ2v) is 13.2. The van der Waals surface area contributed by atoms with Crippen LogP contribution < -0.4 is 5.32 Å². The van der Waals surface area contributed by atoms with Crippen LogP contribution in [0, 0.1) is 11.8 Å². The van der Waals surface area contributed by atoms with E-state index in [1.165, 1.54) is 11.1 Å². The lowest BCUT2D eigenvalue weighted by Crippen LogP contribution is -2.39. The number of hydrogen-bond donors (Lipinski definition) is 1. The molecule has 0 aromatic heterocycles. The quantitative estimate of drug-likeness (QED) is 0.120. The molecule has 9 heteroatoms. The van der Waals surface area contributed by atoms with E-state index in [-0.39, 0.29) is 18.1 Å². The van der Waals surface area contributed by atoms with Gasteiger partial charge in [0, 0.05) is 46.0 Å². The number of rotatable bonds is 18. The number of anilines is 1. The molecule has 0 spiro atoms. The van der Waals surface area contributed by atoms with E-state index in [4.69, 9.17) is 18.9 Å². The van der Waals surface area contributed by atoms with Gasteiger partial charge >= 0.3 is 6.09 Å². The molecule has 9 nitrogen and oxygen atoms in total. The van der Waals surface area contributed by atoms with Crippen molar-refractivity contribution in [3.63, 3.8) is 0 Å². The van der Waals surface area contributed by atoms with E-state index in [9.17, 15) is 9.59 Å². The van der Waals surface area contributed by atoms with Gasteiger partial charge in [-0.05, 0) is 66.7 Å². The summed E-state index contributed by atoms with van der Waals surface area (Å²) >= 11 is 0. The van der Waals surface area contributed by atoms with Crippen molar-refractivity contribution in [1.29, 1.82) is 0 Å². The number of benzene rings is 3. The maximum atomic E-state index is 12.8. The lowest BCUT2D eigenvalue weighted by atomic mass is 10.0. The van der Waals surface area contributed by atoms with Gasteiger partial charge in [-0.15, -0.1) is 0 Å². The number of likely N-dealkylation sites (tertiary alicyclic amines) is 1. The minimum atomic E-state index is -0.417. The lowest BCUT2D eigenvalue weighted by Gasteiger charge is -2.26. The smallest absolute Gasteiger partial charge is 0.411 e. The lowest BCUT2D eigenvalue weighted by molar-refractivity contribution is -0.146. The highest BCUT2D eigenvalue weighted by molar-refractivity contribution is 5.91. The number of amides is 2. The second-order valence-electron chi connectivity index (χ2n) is 13.2. The van der Waals surface area contributed by atoms with Gasteiger partial charge in [-0.1, -0.05) is 79.7 Å². The third-order valence-electron chi connectivity index (χ3n) is 9.78. The molecule has 2 fully saturated rings. The zero-order chi connectivity index (χ0) is 34.4. The van der Waals surface area contributed by atoms with Gasteiger partial charge in [-0.3, -0.25) is 10.1 Å². The number of nitrogens with zero attached hydrogens (tertiary/aromatic N) is 2. The van der Waals surface area contributed by atoms with Crippen molar-refractivity contribution < 1.29 is 28.5 Å². The largest absolute Gasteiger partial charge is 0.446 e. The zero-order valence-corrected chi connectivity index (χ0v) is 29.4. The summed E-state index contributed by atoms with van der Waals surface area (Å²) in [6.07, 6.45) is 4.11. The van der Waals surface area contributed by atoms with Crippen LogP contribution in [0.4, 0.5) is 10.5 Å². The molecular weight excluding hydrogens is 618 g/mol. The van der Waals surface area contributed by atoms with E-state index < -0.39 is 6.29 Å². The predicted octanol–water partition coefficient (Wildman–Crippen LogP) is 6.66. The third kappa shape index (κ3) is 10.9. The van der Waals surface area contributed by atoms with E-state index in [0.29, 0.717) is 44.6 Å². The molecule has 0 radical (unpaired) electrons. The first-order chi connectivity index (χ1) is 23.9. The highest BCUT2D eigenvalue weighted by atomic mass is 16.7. The van der Waals surface area contributed by atoms with Crippen LogP contribution in [0.15, 0.2) is 78.9 Å². The first-order valence-electron chi connectivity index (χ1n) is 17.8. The maximum absolute atomic E-state index is 12.8. The number of methoxy groups -OCH3 is 2. The highest BCUT2D eigenvalue weighted by Gasteiger charge is 2.42. The van der Waals surface area contributed by atoms with Crippen molar-refractivity contribution in [2.75, 3.05) is 65.5 Å². The summed E-state index contributed by atoms with van der Waals surface area (Å²) in [6.45, 7) is 7.31. The summed E-state index contributed by atoms with van der Waals surface area (Å²) in [7, 11) is 3.17. The summed E-state index contributed by atoms with van der Waals surface area (Å²) in [5, 5.41) is 2.99. The van der Waals surface area contributed by atoms with E-state index in [0.717, 1.165) is 68.6 Å². The molecule has 3 aromatic carbocycles. The molecule has 1 aliphatic heterocycles. The van der Waals surface area contributed by atoms with Crippen LogP contribution in [0.5, 0.6) is 0 Å². The number of nitrogens with one attached hydrogen (secondary N) is 1. The van der Waals surface area contributed by atoms with Crippen LogP contribution in [0.25, 0.3) is 11.1 Å². The SMILES string of the molecule is CCCN(CC(OC)OC)C(=O)CCOCCc1ccc(CCN2CC3CC(OC(=O)Nc4ccccc4-c4ccccc4)C[C@@H]3C2)cc1. The Kier molecular flexibility index (Phi) is 14.0. The fourth-order valence-electron chi connectivity index (χ4n) is 7.16. The van der Waals surface area contributed by atoms with Gasteiger partial charge in [0.05, 0.1) is 31.9 Å². The Balaban J connectivity index is 0.960. The Labute approximate surface area is 291 Å². The molecule has 2 amide bonds. The Morgan fingerprint density at radius 2 is 1.51 bits per heavy atom. The molecule has 1 saturated heterocycles. The molecule has 1 saturated carbocycles. The van der Waals surface area contributed by atoms with Gasteiger partial charge in [-0.2, -0.15) is 0 Å². The fourth-order valence-corrected chi connectivity index (χ4v) is 7.16. The zero-order valence-electron chi connectivity index (χ0n) is 29.4. The van der Waals surface area contributed by atoms with Gasteiger partial charge in [0.2, 0.25) is 5.91 Å². The van der Waals surface area contributed by atoms with Crippen LogP contribution in [0.3, 0.4) is 0 Å². The minimum absolute atomic E-state index is 0.0293. The summed E-state index contributed by atoms with van der Waals surface area (Å²) in [6, 6.07) is 26.7. The number of carbonyl (C=O) groups excluding carboxylic acids is 2. The normalized spacial score (nSPS) is 18.8. The van der Waals surface area contributed by atoms with Gasteiger partial charge in [-0.25, -0.2) is 4.79 Å². The molecule has 49 heavy (non-hydrogen) atoms. The summed E-state index contributed by atoms with van der Waals surface area (Å²) in [5.41, 5.74) is 5.38. The standard InChI is InChI=1S/C40H53N3O6/c1-4-21-43(29-39(46-2)47-3)38(44)20-24-48-23-19-31-16-14-30(15-17-31)18-22-42-27-33-25-35(26-34(33)28-42)49-40(45)41-37-13-9-8-12-36(37)32-10-6-5-7-11-32/h5-17,33-35,39H,4,18-29H2,1-3H3,(H,41,45)/t33-,34?,35?/m1/s1. The molecule has 2 unspecified atom stereocenters. The average Bonchev–Trinajstić information content (AvgIpc) is 3.68. The van der Waals surface area contributed by atoms with E-state index in [1.54, 1.807) is 19.1 Å². The maximum Gasteiger partial charge on any atom is 0.411 e. The van der Waals surface area contributed by atoms with Crippen LogP contribution in [0.1, 0.15) is 43.7 Å². The summed E-state index contributed by atoms with van der Waals surface area (Å²) in [5.74, 6) is 1.22. The first kappa shape index (κ1) is 36.5. The number of ether oxygens (including phenoxy) is 4. The summed E-state index contributed by atoms with van der Waals surface area (Å²) in [4.78, 5) is 29.9. The molecule has 2 aliphatic rings. The molecule has 5 rings (SSSR count). The Morgan fingerprint density at radius 3 is 2.18 bits per heavy atom. The van der Waals surface area contributed by atoms with E-state index in [2.05, 4.69) is 41.4 Å². The van der Waals surface area contributed by atoms with Crippen molar-refractivity contribution in [2.45, 2.75) is 57.8 Å². The number of hydrogen-bond acceptors (Lipinski definition) is 7. The van der Waals surface area contributed by atoms with Crippen molar-refractivity contribution >= 4 is 17.7 Å². The van der Waals surface area contributed by atoms with Crippen LogP contribution in [-0.2, 0) is 36.6 Å². The Bertz CT molecular complexity index is 1430. The van der Waals surface area contributed by atoms with Crippen LogP contribution >= 0.6 is 0 Å². The predicted molar refractivity (Wildman–Crippen MR) is 192 cm³/mol. The first-order valence-corrected chi connectivity index (χ1v) is 17.8. The van der Waals surface area contributed by atoms with Crippen molar-refractivity contribution in [1.82, 2.24) is 9.80 Å². The van der Waals surface area contributed by atoms with Gasteiger partial charge < -0.3 is 28.7 Å². The minimum Gasteiger partial charge on any atom is -0.446 e. The van der Waals surface area contributed by atoms with Gasteiger partial charge in [0.25, 0.3) is 0 Å². The Morgan fingerprint density at radius 1 is 0.857 bits per heavy atom. The Hall–Kier alpha value is -3.76. The van der Waals surface area contributed by atoms with Gasteiger partial charge in [0.1, 0.15) is 6.10 Å². The molecule has 3 atom stereocenters. The molecular formula is C40H53N3O6. The van der Waals surface area contributed by atoms with E-state index in [1.807, 2.05) is 54.6 Å². The number of carbonyl (C=O) groups is 2. The van der Waals surface area contributed by atoms with E-state index >= 15 is 0 Å². The molecule has 264 valence electrons.